The van der Waals surface area contributed by atoms with Crippen molar-refractivity contribution >= 4 is 77.5 Å². The van der Waals surface area contributed by atoms with Crippen molar-refractivity contribution in [3.8, 4) is 11.3 Å². The molecule has 4 aromatic rings. The van der Waals surface area contributed by atoms with Crippen molar-refractivity contribution in [2.75, 3.05) is 16.8 Å². The molecule has 33 heavy (non-hydrogen) atoms. The van der Waals surface area contributed by atoms with Gasteiger partial charge in [0.2, 0.25) is 5.91 Å². The van der Waals surface area contributed by atoms with Gasteiger partial charge in [-0.2, -0.15) is 4.99 Å². The lowest BCUT2D eigenvalue weighted by Crippen LogP contribution is -2.18. The summed E-state index contributed by atoms with van der Waals surface area (Å²) in [7, 11) is 0. The van der Waals surface area contributed by atoms with Crippen LogP contribution in [0.4, 0.5) is 5.13 Å². The number of thiazole rings is 2. The molecule has 0 radical (unpaired) electrons. The molecule has 0 saturated heterocycles. The molecule has 2 aromatic heterocycles. The van der Waals surface area contributed by atoms with E-state index in [-0.39, 0.29) is 23.3 Å². The molecule has 0 atom stereocenters. The lowest BCUT2D eigenvalue weighted by molar-refractivity contribution is -0.115. The molecule has 2 aromatic carbocycles. The van der Waals surface area contributed by atoms with Crippen LogP contribution in [0.2, 0.25) is 0 Å². The number of hydrogen-bond donors (Lipinski definition) is 1. The lowest BCUT2D eigenvalue weighted by atomic mass is 10.2. The van der Waals surface area contributed by atoms with Crippen LogP contribution in [-0.4, -0.2) is 32.9 Å². The molecule has 2 amide bonds. The average molecular weight is 560 g/mol. The molecule has 0 aliphatic rings. The number of halogens is 1. The second kappa shape index (κ2) is 11.1. The number of carbonyl (C=O) groups excluding carboxylic acids is 2. The largest absolute Gasteiger partial charge is 0.313 e. The third-order valence-electron chi connectivity index (χ3n) is 4.46. The zero-order valence-electron chi connectivity index (χ0n) is 17.4. The van der Waals surface area contributed by atoms with Crippen molar-refractivity contribution in [3.05, 3.63) is 75.8 Å². The van der Waals surface area contributed by atoms with Crippen molar-refractivity contribution in [2.45, 2.75) is 6.54 Å². The maximum absolute atomic E-state index is 12.4. The summed E-state index contributed by atoms with van der Waals surface area (Å²) in [6.07, 6.45) is 1.78. The van der Waals surface area contributed by atoms with Crippen LogP contribution in [0.1, 0.15) is 0 Å². The van der Waals surface area contributed by atoms with E-state index >= 15 is 0 Å². The Labute approximate surface area is 211 Å². The number of amides is 2. The quantitative estimate of drug-likeness (QED) is 0.286. The van der Waals surface area contributed by atoms with Gasteiger partial charge >= 0.3 is 0 Å². The Morgan fingerprint density at radius 3 is 2.82 bits per heavy atom. The molecular weight excluding hydrogens is 540 g/mol. The topological polar surface area (TPSA) is 76.3 Å². The zero-order valence-corrected chi connectivity index (χ0v) is 21.4. The second-order valence-corrected chi connectivity index (χ2v) is 10.6. The third-order valence-corrected chi connectivity index (χ3v) is 7.67. The molecular formula is C23H19BrN4O2S3. The zero-order chi connectivity index (χ0) is 23.2. The summed E-state index contributed by atoms with van der Waals surface area (Å²) >= 11 is 7.53. The van der Waals surface area contributed by atoms with Crippen LogP contribution in [0.3, 0.4) is 0 Å². The standard InChI is InChI=1S/C23H19BrN4O2S3/c1-2-10-28-18-9-8-16(24)11-19(18)33-23(28)27-21(30)14-31-13-20(29)26-22-25-17(12-32-22)15-6-4-3-5-7-15/h2-9,11-12H,1,10,13-14H2,(H,25,26,29). The first-order valence-corrected chi connectivity index (χ1v) is 13.5. The van der Waals surface area contributed by atoms with Crippen molar-refractivity contribution in [1.82, 2.24) is 9.55 Å². The van der Waals surface area contributed by atoms with E-state index < -0.39 is 0 Å². The highest BCUT2D eigenvalue weighted by Gasteiger charge is 2.11. The van der Waals surface area contributed by atoms with Crippen LogP contribution in [0.15, 0.2) is 76.0 Å². The molecule has 0 spiro atoms. The van der Waals surface area contributed by atoms with E-state index in [0.29, 0.717) is 16.5 Å². The summed E-state index contributed by atoms with van der Waals surface area (Å²) in [5.74, 6) is -0.216. The average Bonchev–Trinajstić information content (AvgIpc) is 3.39. The van der Waals surface area contributed by atoms with Gasteiger partial charge in [-0.1, -0.05) is 63.7 Å². The van der Waals surface area contributed by atoms with Crippen molar-refractivity contribution < 1.29 is 9.59 Å². The molecule has 0 bridgehead atoms. The predicted octanol–water partition coefficient (Wildman–Crippen LogP) is 5.57. The van der Waals surface area contributed by atoms with Crippen molar-refractivity contribution in [2.24, 2.45) is 4.99 Å². The Morgan fingerprint density at radius 2 is 2.03 bits per heavy atom. The third kappa shape index (κ3) is 6.08. The highest BCUT2D eigenvalue weighted by atomic mass is 79.9. The van der Waals surface area contributed by atoms with Crippen LogP contribution >= 0.6 is 50.4 Å². The summed E-state index contributed by atoms with van der Waals surface area (Å²) in [6.45, 7) is 4.35. The number of carbonyl (C=O) groups is 2. The molecule has 10 heteroatoms. The first-order chi connectivity index (χ1) is 16.0. The fourth-order valence-electron chi connectivity index (χ4n) is 3.04. The number of benzene rings is 2. The van der Waals surface area contributed by atoms with Gasteiger partial charge in [-0.05, 0) is 18.2 Å². The van der Waals surface area contributed by atoms with Gasteiger partial charge in [0.1, 0.15) is 0 Å². The Bertz CT molecular complexity index is 1380. The molecule has 0 aliphatic carbocycles. The van der Waals surface area contributed by atoms with Crippen molar-refractivity contribution in [3.63, 3.8) is 0 Å². The van der Waals surface area contributed by atoms with Gasteiger partial charge in [0, 0.05) is 22.0 Å². The normalized spacial score (nSPS) is 11.6. The summed E-state index contributed by atoms with van der Waals surface area (Å²) in [5.41, 5.74) is 2.82. The first-order valence-electron chi connectivity index (χ1n) is 9.89. The van der Waals surface area contributed by atoms with Crippen LogP contribution in [-0.2, 0) is 16.1 Å². The van der Waals surface area contributed by atoms with Crippen LogP contribution in [0.5, 0.6) is 0 Å². The molecule has 0 aliphatic heterocycles. The van der Waals surface area contributed by atoms with Gasteiger partial charge in [0.05, 0.1) is 27.4 Å². The van der Waals surface area contributed by atoms with Gasteiger partial charge in [-0.25, -0.2) is 4.98 Å². The van der Waals surface area contributed by atoms with Gasteiger partial charge in [0.25, 0.3) is 5.91 Å². The van der Waals surface area contributed by atoms with E-state index in [1.807, 2.05) is 58.5 Å². The summed E-state index contributed by atoms with van der Waals surface area (Å²) in [5, 5.41) is 5.24. The van der Waals surface area contributed by atoms with Gasteiger partial charge < -0.3 is 9.88 Å². The van der Waals surface area contributed by atoms with Gasteiger partial charge in [-0.15, -0.1) is 29.7 Å². The number of fused-ring (bicyclic) bond motifs is 1. The molecule has 4 rings (SSSR count). The lowest BCUT2D eigenvalue weighted by Gasteiger charge is -2.02. The highest BCUT2D eigenvalue weighted by Crippen LogP contribution is 2.25. The summed E-state index contributed by atoms with van der Waals surface area (Å²) < 4.78 is 3.96. The SMILES string of the molecule is C=CCn1c(=NC(=O)CSCC(=O)Nc2nc(-c3ccccc3)cs2)sc2cc(Br)ccc21. The number of allylic oxidation sites excluding steroid dienone is 1. The minimum Gasteiger partial charge on any atom is -0.313 e. The molecule has 6 nitrogen and oxygen atoms in total. The van der Waals surface area contributed by atoms with Crippen molar-refractivity contribution in [1.29, 1.82) is 0 Å². The Kier molecular flexibility index (Phi) is 7.92. The number of hydrogen-bond acceptors (Lipinski definition) is 6. The van der Waals surface area contributed by atoms with Gasteiger partial charge in [-0.3, -0.25) is 9.59 Å². The minimum absolute atomic E-state index is 0.118. The number of thioether (sulfide) groups is 1. The number of rotatable bonds is 8. The summed E-state index contributed by atoms with van der Waals surface area (Å²) in [6, 6.07) is 15.7. The van der Waals surface area contributed by atoms with E-state index in [2.05, 4.69) is 37.8 Å². The van der Waals surface area contributed by atoms with E-state index in [0.717, 1.165) is 25.9 Å². The van der Waals surface area contributed by atoms with Crippen LogP contribution in [0.25, 0.3) is 21.5 Å². The van der Waals surface area contributed by atoms with E-state index in [1.165, 1.54) is 34.4 Å². The number of aromatic nitrogens is 2. The Balaban J connectivity index is 1.34. The van der Waals surface area contributed by atoms with Gasteiger partial charge in [0.15, 0.2) is 9.93 Å². The van der Waals surface area contributed by atoms with Crippen LogP contribution in [0, 0.1) is 0 Å². The Morgan fingerprint density at radius 1 is 1.21 bits per heavy atom. The monoisotopic (exact) mass is 558 g/mol. The van der Waals surface area contributed by atoms with E-state index in [9.17, 15) is 9.59 Å². The summed E-state index contributed by atoms with van der Waals surface area (Å²) in [4.78, 5) is 34.1. The molecule has 0 unspecified atom stereocenters. The highest BCUT2D eigenvalue weighted by molar-refractivity contribution is 9.10. The maximum atomic E-state index is 12.4. The fourth-order valence-corrected chi connectivity index (χ4v) is 5.98. The Hall–Kier alpha value is -2.53. The number of nitrogens with one attached hydrogen (secondary N) is 1. The number of anilines is 1. The fraction of sp³-hybridized carbons (Fsp3) is 0.130. The molecule has 2 heterocycles. The minimum atomic E-state index is -0.281. The molecule has 1 N–H and O–H groups in total. The first kappa shape index (κ1) is 23.6. The molecule has 0 fully saturated rings. The maximum Gasteiger partial charge on any atom is 0.258 e. The smallest absolute Gasteiger partial charge is 0.258 e. The number of nitrogens with zero attached hydrogens (tertiary/aromatic N) is 3. The second-order valence-electron chi connectivity index (χ2n) is 6.85. The molecule has 0 saturated carbocycles. The van der Waals surface area contributed by atoms with E-state index in [1.54, 1.807) is 6.08 Å². The van der Waals surface area contributed by atoms with Crippen LogP contribution < -0.4 is 10.1 Å². The molecule has 168 valence electrons. The predicted molar refractivity (Wildman–Crippen MR) is 142 cm³/mol. The van der Waals surface area contributed by atoms with E-state index in [4.69, 9.17) is 0 Å².